The van der Waals surface area contributed by atoms with Gasteiger partial charge in [0.05, 0.1) is 44.3 Å². The maximum atomic E-state index is 14.5. The van der Waals surface area contributed by atoms with Gasteiger partial charge in [-0.25, -0.2) is 0 Å². The van der Waals surface area contributed by atoms with E-state index in [2.05, 4.69) is 13.2 Å². The number of fused-ring (bicyclic) bond motifs is 1. The second kappa shape index (κ2) is 12.6. The molecule has 1 aromatic carbocycles. The van der Waals surface area contributed by atoms with Crippen molar-refractivity contribution in [1.29, 1.82) is 0 Å². The van der Waals surface area contributed by atoms with Gasteiger partial charge in [-0.2, -0.15) is 0 Å². The van der Waals surface area contributed by atoms with Gasteiger partial charge in [-0.15, -0.1) is 13.2 Å². The number of ether oxygens (including phenoxy) is 3. The van der Waals surface area contributed by atoms with E-state index in [1.807, 2.05) is 19.9 Å². The number of hydrogen-bond acceptors (Lipinski definition) is 7. The molecule has 0 aliphatic carbocycles. The van der Waals surface area contributed by atoms with Crippen molar-refractivity contribution in [2.45, 2.75) is 69.7 Å². The van der Waals surface area contributed by atoms with Crippen molar-refractivity contribution in [2.24, 2.45) is 17.8 Å². The molecule has 0 aromatic heterocycles. The van der Waals surface area contributed by atoms with Crippen molar-refractivity contribution in [3.63, 3.8) is 0 Å². The summed E-state index contributed by atoms with van der Waals surface area (Å²) in [5.41, 5.74) is -0.564. The Morgan fingerprint density at radius 2 is 1.95 bits per heavy atom. The zero-order valence-corrected chi connectivity index (χ0v) is 23.8. The molecule has 2 unspecified atom stereocenters. The zero-order chi connectivity index (χ0) is 29.0. The summed E-state index contributed by atoms with van der Waals surface area (Å²) in [5, 5.41) is 10.4. The van der Waals surface area contributed by atoms with Gasteiger partial charge in [-0.3, -0.25) is 14.4 Å². The van der Waals surface area contributed by atoms with Gasteiger partial charge in [-0.1, -0.05) is 26.0 Å². The number of likely N-dealkylation sites (tertiary alicyclic amines) is 1. The Kier molecular flexibility index (Phi) is 9.36. The molecule has 6 atom stereocenters. The fraction of sp³-hybridized carbons (Fsp3) is 0.581. The average molecular weight is 555 g/mol. The summed E-state index contributed by atoms with van der Waals surface area (Å²) in [5.74, 6) is -2.26. The number of aliphatic hydroxyl groups is 1. The van der Waals surface area contributed by atoms with E-state index in [4.69, 9.17) is 14.2 Å². The topological polar surface area (TPSA) is 106 Å². The molecule has 4 rings (SSSR count). The number of hydrogen-bond donors (Lipinski definition) is 1. The standard InChI is InChI=1S/C31H42N2O7/c1-6-8-9-10-18-39-30(37)25-24-15-16-31(40-24)26(25)28(35)33(23(19-34)20(3)4)27(31)29(36)32(17-7-2)21-11-13-22(38-5)14-12-21/h6-7,11-14,20,23-27,34H,1-2,8-10,15-19H2,3-5H3/t23-,24+,25-,26-,27?,31?/m0/s1. The van der Waals surface area contributed by atoms with Gasteiger partial charge in [0, 0.05) is 12.2 Å². The predicted molar refractivity (Wildman–Crippen MR) is 151 cm³/mol. The van der Waals surface area contributed by atoms with E-state index in [1.165, 1.54) is 4.90 Å². The summed E-state index contributed by atoms with van der Waals surface area (Å²) in [4.78, 5) is 45.2. The number of aliphatic hydroxyl groups excluding tert-OH is 1. The monoisotopic (exact) mass is 554 g/mol. The van der Waals surface area contributed by atoms with Crippen molar-refractivity contribution in [2.75, 3.05) is 31.8 Å². The van der Waals surface area contributed by atoms with Crippen LogP contribution in [-0.4, -0.2) is 78.4 Å². The van der Waals surface area contributed by atoms with Crippen molar-refractivity contribution < 1.29 is 33.7 Å². The Labute approximate surface area is 236 Å². The minimum Gasteiger partial charge on any atom is -0.497 e. The van der Waals surface area contributed by atoms with Crippen LogP contribution < -0.4 is 9.64 Å². The van der Waals surface area contributed by atoms with Crippen molar-refractivity contribution in [3.8, 4) is 5.75 Å². The Hall–Kier alpha value is -3.17. The SMILES string of the molecule is C=CCCCCOC(=O)[C@@H]1[C@H]2C(=O)N([C@@H](CO)C(C)C)C(C(=O)N(CC=C)c3ccc(OC)cc3)C23CC[C@H]1O3. The smallest absolute Gasteiger partial charge is 0.312 e. The van der Waals surface area contributed by atoms with Crippen LogP contribution in [0.15, 0.2) is 49.6 Å². The molecule has 40 heavy (non-hydrogen) atoms. The second-order valence-corrected chi connectivity index (χ2v) is 11.2. The van der Waals surface area contributed by atoms with Crippen molar-refractivity contribution >= 4 is 23.5 Å². The molecule has 3 fully saturated rings. The Bertz CT molecular complexity index is 1100. The number of carbonyl (C=O) groups excluding carboxylic acids is 3. The van der Waals surface area contributed by atoms with E-state index in [1.54, 1.807) is 42.4 Å². The Balaban J connectivity index is 1.71. The first-order chi connectivity index (χ1) is 19.2. The zero-order valence-electron chi connectivity index (χ0n) is 23.8. The first-order valence-corrected chi connectivity index (χ1v) is 14.2. The maximum absolute atomic E-state index is 14.5. The third kappa shape index (κ3) is 5.17. The molecule has 3 heterocycles. The van der Waals surface area contributed by atoms with E-state index < -0.39 is 41.6 Å². The highest BCUT2D eigenvalue weighted by atomic mass is 16.6. The number of allylic oxidation sites excluding steroid dienone is 1. The Morgan fingerprint density at radius 3 is 2.55 bits per heavy atom. The molecule has 3 aliphatic rings. The molecular weight excluding hydrogens is 512 g/mol. The summed E-state index contributed by atoms with van der Waals surface area (Å²) in [6.45, 7) is 11.5. The molecule has 0 radical (unpaired) electrons. The number of amides is 2. The summed E-state index contributed by atoms with van der Waals surface area (Å²) in [6.07, 6.45) is 6.37. The molecule has 0 saturated carbocycles. The van der Waals surface area contributed by atoms with Crippen LogP contribution in [0.3, 0.4) is 0 Å². The molecule has 218 valence electrons. The molecular formula is C31H42N2O7. The third-order valence-corrected chi connectivity index (χ3v) is 8.57. The van der Waals surface area contributed by atoms with Crippen LogP contribution in [0, 0.1) is 17.8 Å². The highest BCUT2D eigenvalue weighted by Crippen LogP contribution is 2.59. The highest BCUT2D eigenvalue weighted by molar-refractivity contribution is 6.04. The second-order valence-electron chi connectivity index (χ2n) is 11.2. The van der Waals surface area contributed by atoms with Gasteiger partial charge in [0.25, 0.3) is 5.91 Å². The summed E-state index contributed by atoms with van der Waals surface area (Å²) in [7, 11) is 1.57. The quantitative estimate of drug-likeness (QED) is 0.213. The summed E-state index contributed by atoms with van der Waals surface area (Å²) >= 11 is 0. The van der Waals surface area contributed by atoms with E-state index in [9.17, 15) is 19.5 Å². The van der Waals surface area contributed by atoms with Crippen molar-refractivity contribution in [1.82, 2.24) is 4.90 Å². The number of esters is 1. The number of carbonyl (C=O) groups is 3. The van der Waals surface area contributed by atoms with Crippen LogP contribution >= 0.6 is 0 Å². The average Bonchev–Trinajstić information content (AvgIpc) is 3.59. The number of methoxy groups -OCH3 is 1. The van der Waals surface area contributed by atoms with Crippen LogP contribution in [-0.2, 0) is 23.9 Å². The predicted octanol–water partition coefficient (Wildman–Crippen LogP) is 3.51. The Morgan fingerprint density at radius 1 is 1.23 bits per heavy atom. The molecule has 3 saturated heterocycles. The van der Waals surface area contributed by atoms with Crippen LogP contribution in [0.1, 0.15) is 46.0 Å². The van der Waals surface area contributed by atoms with E-state index in [0.717, 1.165) is 12.8 Å². The first-order valence-electron chi connectivity index (χ1n) is 14.2. The van der Waals surface area contributed by atoms with Gasteiger partial charge in [0.15, 0.2) is 0 Å². The normalized spacial score (nSPS) is 27.4. The molecule has 1 spiro atoms. The van der Waals surface area contributed by atoms with Gasteiger partial charge >= 0.3 is 5.97 Å². The fourth-order valence-corrected chi connectivity index (χ4v) is 6.64. The lowest BCUT2D eigenvalue weighted by atomic mass is 9.70. The van der Waals surface area contributed by atoms with E-state index in [-0.39, 0.29) is 37.5 Å². The summed E-state index contributed by atoms with van der Waals surface area (Å²) in [6, 6.07) is 5.45. The molecule has 9 heteroatoms. The number of benzene rings is 1. The minimum atomic E-state index is -1.18. The maximum Gasteiger partial charge on any atom is 0.312 e. The lowest BCUT2D eigenvalue weighted by molar-refractivity contribution is -0.156. The lowest BCUT2D eigenvalue weighted by Crippen LogP contribution is -2.59. The van der Waals surface area contributed by atoms with E-state index >= 15 is 0 Å². The van der Waals surface area contributed by atoms with Gasteiger partial charge in [0.1, 0.15) is 17.4 Å². The number of nitrogens with zero attached hydrogens (tertiary/aromatic N) is 2. The third-order valence-electron chi connectivity index (χ3n) is 8.57. The van der Waals surface area contributed by atoms with Crippen LogP contribution in [0.2, 0.25) is 0 Å². The van der Waals surface area contributed by atoms with Crippen LogP contribution in [0.4, 0.5) is 5.69 Å². The number of rotatable bonds is 14. The molecule has 2 amide bonds. The molecule has 1 N–H and O–H groups in total. The fourth-order valence-electron chi connectivity index (χ4n) is 6.64. The molecule has 2 bridgehead atoms. The molecule has 1 aromatic rings. The van der Waals surface area contributed by atoms with Gasteiger partial charge in [0.2, 0.25) is 5.91 Å². The molecule has 3 aliphatic heterocycles. The number of unbranched alkanes of at least 4 members (excludes halogenated alkanes) is 2. The van der Waals surface area contributed by atoms with Crippen molar-refractivity contribution in [3.05, 3.63) is 49.6 Å². The number of anilines is 1. The lowest BCUT2D eigenvalue weighted by Gasteiger charge is -2.40. The van der Waals surface area contributed by atoms with Crippen LogP contribution in [0.5, 0.6) is 5.75 Å². The van der Waals surface area contributed by atoms with Gasteiger partial charge in [-0.05, 0) is 62.3 Å². The van der Waals surface area contributed by atoms with Gasteiger partial charge < -0.3 is 29.1 Å². The largest absolute Gasteiger partial charge is 0.497 e. The van der Waals surface area contributed by atoms with E-state index in [0.29, 0.717) is 30.7 Å². The first kappa shape index (κ1) is 29.8. The highest BCUT2D eigenvalue weighted by Gasteiger charge is 2.75. The summed E-state index contributed by atoms with van der Waals surface area (Å²) < 4.78 is 17.4. The van der Waals surface area contributed by atoms with Crippen LogP contribution in [0.25, 0.3) is 0 Å². The molecule has 9 nitrogen and oxygen atoms in total. The minimum absolute atomic E-state index is 0.138.